The van der Waals surface area contributed by atoms with Gasteiger partial charge in [-0.1, -0.05) is 55.3 Å². The van der Waals surface area contributed by atoms with Gasteiger partial charge in [0.15, 0.2) is 6.29 Å². The van der Waals surface area contributed by atoms with Crippen molar-refractivity contribution in [3.63, 3.8) is 0 Å². The van der Waals surface area contributed by atoms with E-state index < -0.39 is 6.29 Å². The van der Waals surface area contributed by atoms with Crippen molar-refractivity contribution >= 4 is 11.6 Å². The number of amides is 1. The highest BCUT2D eigenvalue weighted by molar-refractivity contribution is 5.88. The van der Waals surface area contributed by atoms with Crippen molar-refractivity contribution in [2.24, 2.45) is 0 Å². The summed E-state index contributed by atoms with van der Waals surface area (Å²) in [7, 11) is 0. The summed E-state index contributed by atoms with van der Waals surface area (Å²) in [5.74, 6) is -0.0985. The van der Waals surface area contributed by atoms with Crippen LogP contribution in [0.5, 0.6) is 0 Å². The predicted molar refractivity (Wildman–Crippen MR) is 133 cm³/mol. The average molecular weight is 465 g/mol. The number of anilines is 1. The second-order valence-electron chi connectivity index (χ2n) is 9.33. The van der Waals surface area contributed by atoms with Gasteiger partial charge in [0.2, 0.25) is 5.91 Å². The monoisotopic (exact) mass is 464 g/mol. The quantitative estimate of drug-likeness (QED) is 0.505. The molecule has 34 heavy (non-hydrogen) atoms. The number of carbonyl (C=O) groups is 1. The summed E-state index contributed by atoms with van der Waals surface area (Å²) in [6.07, 6.45) is 7.19. The normalized spacial score (nSPS) is 23.2. The van der Waals surface area contributed by atoms with Gasteiger partial charge >= 0.3 is 0 Å². The van der Waals surface area contributed by atoms with Gasteiger partial charge in [-0.05, 0) is 36.1 Å². The minimum absolute atomic E-state index is 0.0110. The smallest absolute Gasteiger partial charge is 0.221 e. The molecule has 1 amide bonds. The second kappa shape index (κ2) is 11.8. The van der Waals surface area contributed by atoms with Gasteiger partial charge < -0.3 is 19.9 Å². The van der Waals surface area contributed by atoms with Gasteiger partial charge in [-0.3, -0.25) is 9.69 Å². The first-order valence-corrected chi connectivity index (χ1v) is 12.3. The molecule has 1 saturated carbocycles. The molecule has 1 heterocycles. The number of ether oxygens (including phenoxy) is 2. The predicted octanol–water partition coefficient (Wildman–Crippen LogP) is 5.11. The summed E-state index contributed by atoms with van der Waals surface area (Å²) in [5, 5.41) is 12.2. The lowest BCUT2D eigenvalue weighted by atomic mass is 9.99. The van der Waals surface area contributed by atoms with Crippen LogP contribution >= 0.6 is 0 Å². The molecule has 2 aliphatic rings. The number of carbonyl (C=O) groups excluding carboxylic acids is 1. The molecule has 1 saturated heterocycles. The number of hydrogen-bond acceptors (Lipinski definition) is 5. The number of aliphatic hydroxyl groups is 1. The summed E-state index contributed by atoms with van der Waals surface area (Å²) < 4.78 is 12.9. The summed E-state index contributed by atoms with van der Waals surface area (Å²) in [6, 6.07) is 16.2. The molecular weight excluding hydrogens is 428 g/mol. The van der Waals surface area contributed by atoms with E-state index in [0.717, 1.165) is 41.9 Å². The molecule has 0 aromatic heterocycles. The van der Waals surface area contributed by atoms with Crippen LogP contribution < -0.4 is 5.32 Å². The minimum atomic E-state index is -0.498. The Hall–Kier alpha value is -2.51. The number of aliphatic hydroxyl groups excluding tert-OH is 1. The van der Waals surface area contributed by atoms with E-state index in [1.807, 2.05) is 54.6 Å². The third-order valence-corrected chi connectivity index (χ3v) is 6.76. The molecule has 0 spiro atoms. The summed E-state index contributed by atoms with van der Waals surface area (Å²) >= 11 is 0. The van der Waals surface area contributed by atoms with Crippen LogP contribution in [0.2, 0.25) is 0 Å². The van der Waals surface area contributed by atoms with Gasteiger partial charge in [-0.2, -0.15) is 0 Å². The van der Waals surface area contributed by atoms with E-state index >= 15 is 0 Å². The molecule has 2 N–H and O–H groups in total. The molecule has 2 fully saturated rings. The highest BCUT2D eigenvalue weighted by atomic mass is 16.7. The molecule has 182 valence electrons. The second-order valence-corrected chi connectivity index (χ2v) is 9.33. The molecule has 2 aromatic rings. The fraction of sp³-hybridized carbons (Fsp3) is 0.464. The fourth-order valence-electron chi connectivity index (χ4n) is 5.03. The van der Waals surface area contributed by atoms with Crippen LogP contribution in [0.3, 0.4) is 0 Å². The Labute approximate surface area is 202 Å². The topological polar surface area (TPSA) is 71.0 Å². The van der Waals surface area contributed by atoms with Crippen molar-refractivity contribution < 1.29 is 19.4 Å². The Kier molecular flexibility index (Phi) is 8.51. The van der Waals surface area contributed by atoms with Gasteiger partial charge in [0.05, 0.1) is 18.8 Å². The number of benzene rings is 2. The minimum Gasteiger partial charge on any atom is -0.392 e. The van der Waals surface area contributed by atoms with E-state index in [2.05, 4.69) is 16.8 Å². The molecular formula is C28H36N2O4. The van der Waals surface area contributed by atoms with Crippen LogP contribution in [-0.2, 0) is 20.9 Å². The van der Waals surface area contributed by atoms with Crippen LogP contribution in [0.25, 0.3) is 0 Å². The van der Waals surface area contributed by atoms with Crippen molar-refractivity contribution in [3.8, 4) is 0 Å². The maximum Gasteiger partial charge on any atom is 0.221 e. The third-order valence-electron chi connectivity index (χ3n) is 6.76. The van der Waals surface area contributed by atoms with E-state index in [-0.39, 0.29) is 24.7 Å². The van der Waals surface area contributed by atoms with E-state index in [1.165, 1.54) is 32.6 Å². The first-order valence-electron chi connectivity index (χ1n) is 12.3. The van der Waals surface area contributed by atoms with Crippen LogP contribution in [0.15, 0.2) is 61.2 Å². The van der Waals surface area contributed by atoms with Crippen LogP contribution in [0.4, 0.5) is 5.69 Å². The van der Waals surface area contributed by atoms with Gasteiger partial charge in [0, 0.05) is 43.7 Å². The molecule has 1 aliphatic carbocycles. The van der Waals surface area contributed by atoms with Crippen LogP contribution in [-0.4, -0.2) is 41.1 Å². The third kappa shape index (κ3) is 6.33. The SMILES string of the molecule is C=CCN(C[C@H]1C[C@@H](c2ccc(CO)cc2)O[C@@H](c2ccc(NC(C)=O)cc2)O1)C1CCCC1. The summed E-state index contributed by atoms with van der Waals surface area (Å²) in [5.41, 5.74) is 3.64. The molecule has 0 unspecified atom stereocenters. The van der Waals surface area contributed by atoms with E-state index in [1.54, 1.807) is 0 Å². The van der Waals surface area contributed by atoms with E-state index in [0.29, 0.717) is 6.04 Å². The molecule has 0 radical (unpaired) electrons. The van der Waals surface area contributed by atoms with Crippen molar-refractivity contribution in [1.82, 2.24) is 4.90 Å². The molecule has 4 rings (SSSR count). The highest BCUT2D eigenvalue weighted by Crippen LogP contribution is 2.39. The summed E-state index contributed by atoms with van der Waals surface area (Å²) in [6.45, 7) is 7.20. The average Bonchev–Trinajstić information content (AvgIpc) is 3.39. The van der Waals surface area contributed by atoms with Crippen molar-refractivity contribution in [1.29, 1.82) is 0 Å². The zero-order chi connectivity index (χ0) is 23.9. The standard InChI is InChI=1S/C28H36N2O4/c1-3-16-30(25-6-4-5-7-25)18-26-17-27(22-10-8-21(19-31)9-11-22)34-28(33-26)23-12-14-24(15-13-23)29-20(2)32/h3,8-15,25-28,31H,1,4-7,16-19H2,2H3,(H,29,32)/t26-,27+,28+/m1/s1. The molecule has 6 heteroatoms. The largest absolute Gasteiger partial charge is 0.392 e. The fourth-order valence-corrected chi connectivity index (χ4v) is 5.03. The van der Waals surface area contributed by atoms with Gasteiger partial charge in [-0.15, -0.1) is 6.58 Å². The number of nitrogens with zero attached hydrogens (tertiary/aromatic N) is 1. The van der Waals surface area contributed by atoms with Crippen molar-refractivity contribution in [3.05, 3.63) is 77.9 Å². The number of rotatable bonds is 9. The zero-order valence-corrected chi connectivity index (χ0v) is 20.0. The Morgan fingerprint density at radius 3 is 2.38 bits per heavy atom. The number of nitrogens with one attached hydrogen (secondary N) is 1. The molecule has 6 nitrogen and oxygen atoms in total. The van der Waals surface area contributed by atoms with Crippen molar-refractivity contribution in [2.45, 2.75) is 70.2 Å². The Balaban J connectivity index is 1.54. The Morgan fingerprint density at radius 1 is 1.09 bits per heavy atom. The lowest BCUT2D eigenvalue weighted by Crippen LogP contribution is -2.43. The van der Waals surface area contributed by atoms with E-state index in [9.17, 15) is 9.90 Å². The maximum absolute atomic E-state index is 11.4. The van der Waals surface area contributed by atoms with Gasteiger partial charge in [-0.25, -0.2) is 0 Å². The Morgan fingerprint density at radius 2 is 1.76 bits per heavy atom. The van der Waals surface area contributed by atoms with Crippen LogP contribution in [0.1, 0.15) is 68.1 Å². The van der Waals surface area contributed by atoms with Gasteiger partial charge in [0.1, 0.15) is 0 Å². The first kappa shape index (κ1) is 24.6. The zero-order valence-electron chi connectivity index (χ0n) is 20.0. The number of hydrogen-bond donors (Lipinski definition) is 2. The maximum atomic E-state index is 11.4. The van der Waals surface area contributed by atoms with E-state index in [4.69, 9.17) is 9.47 Å². The summed E-state index contributed by atoms with van der Waals surface area (Å²) in [4.78, 5) is 13.9. The molecule has 1 aliphatic heterocycles. The Bertz CT molecular complexity index is 938. The van der Waals surface area contributed by atoms with Crippen molar-refractivity contribution in [2.75, 3.05) is 18.4 Å². The van der Waals surface area contributed by atoms with Gasteiger partial charge in [0.25, 0.3) is 0 Å². The molecule has 2 aromatic carbocycles. The van der Waals surface area contributed by atoms with Crippen LogP contribution in [0, 0.1) is 0 Å². The lowest BCUT2D eigenvalue weighted by Gasteiger charge is -2.39. The molecule has 0 bridgehead atoms. The lowest BCUT2D eigenvalue weighted by molar-refractivity contribution is -0.253. The molecule has 3 atom stereocenters. The highest BCUT2D eigenvalue weighted by Gasteiger charge is 2.34. The first-order chi connectivity index (χ1) is 16.6.